The predicted octanol–water partition coefficient (Wildman–Crippen LogP) is 3.23. The highest BCUT2D eigenvalue weighted by Crippen LogP contribution is 2.26. The van der Waals surface area contributed by atoms with Crippen LogP contribution in [-0.4, -0.2) is 28.9 Å². The van der Waals surface area contributed by atoms with Gasteiger partial charge in [0.15, 0.2) is 0 Å². The molecule has 0 aliphatic carbocycles. The van der Waals surface area contributed by atoms with Gasteiger partial charge in [0, 0.05) is 30.4 Å². The van der Waals surface area contributed by atoms with Crippen molar-refractivity contribution in [3.05, 3.63) is 33.4 Å². The molecule has 6 nitrogen and oxygen atoms in total. The number of amides is 2. The third kappa shape index (κ3) is 3.07. The van der Waals surface area contributed by atoms with Crippen LogP contribution in [0.15, 0.2) is 12.1 Å². The molecule has 0 radical (unpaired) electrons. The zero-order valence-electron chi connectivity index (χ0n) is 11.8. The normalized spacial score (nSPS) is 15.0. The van der Waals surface area contributed by atoms with Crippen LogP contribution in [0.25, 0.3) is 0 Å². The van der Waals surface area contributed by atoms with Gasteiger partial charge in [0.05, 0.1) is 4.92 Å². The summed E-state index contributed by atoms with van der Waals surface area (Å²) in [6, 6.07) is 3.04. The van der Waals surface area contributed by atoms with E-state index in [-0.39, 0.29) is 11.7 Å². The van der Waals surface area contributed by atoms with Crippen molar-refractivity contribution in [3.8, 4) is 0 Å². The number of piperidine rings is 1. The van der Waals surface area contributed by atoms with Crippen LogP contribution in [0.2, 0.25) is 0 Å². The van der Waals surface area contributed by atoms with Crippen LogP contribution in [0.3, 0.4) is 0 Å². The molecular weight excluding hydrogens is 258 g/mol. The molecule has 0 unspecified atom stereocenters. The number of nitro benzene ring substituents is 1. The lowest BCUT2D eigenvalue weighted by molar-refractivity contribution is -0.385. The lowest BCUT2D eigenvalue weighted by Crippen LogP contribution is -2.38. The minimum Gasteiger partial charge on any atom is -0.325 e. The van der Waals surface area contributed by atoms with E-state index in [1.165, 1.54) is 12.5 Å². The van der Waals surface area contributed by atoms with E-state index in [0.717, 1.165) is 25.9 Å². The van der Waals surface area contributed by atoms with Gasteiger partial charge in [0.2, 0.25) is 0 Å². The number of hydrogen-bond donors (Lipinski definition) is 1. The van der Waals surface area contributed by atoms with Crippen molar-refractivity contribution in [2.24, 2.45) is 0 Å². The Morgan fingerprint density at radius 2 is 1.85 bits per heavy atom. The third-order valence-corrected chi connectivity index (χ3v) is 3.62. The standard InChI is InChI=1S/C14H19N3O3/c1-10-9-13(17(19)20)11(2)8-12(10)15-14(18)16-6-4-3-5-7-16/h8-9H,3-7H2,1-2H3,(H,15,18). The fraction of sp³-hybridized carbons (Fsp3) is 0.500. The molecule has 1 heterocycles. The highest BCUT2D eigenvalue weighted by molar-refractivity contribution is 5.90. The average Bonchev–Trinajstić information content (AvgIpc) is 2.43. The molecule has 0 saturated carbocycles. The van der Waals surface area contributed by atoms with Crippen LogP contribution in [0.4, 0.5) is 16.2 Å². The summed E-state index contributed by atoms with van der Waals surface area (Å²) in [7, 11) is 0. The number of hydrogen-bond acceptors (Lipinski definition) is 3. The molecule has 0 bridgehead atoms. The Kier molecular flexibility index (Phi) is 4.22. The van der Waals surface area contributed by atoms with E-state index in [4.69, 9.17) is 0 Å². The number of urea groups is 1. The quantitative estimate of drug-likeness (QED) is 0.666. The van der Waals surface area contributed by atoms with Crippen molar-refractivity contribution >= 4 is 17.4 Å². The number of rotatable bonds is 2. The molecule has 1 saturated heterocycles. The molecule has 1 fully saturated rings. The summed E-state index contributed by atoms with van der Waals surface area (Å²) in [4.78, 5) is 24.4. The average molecular weight is 277 g/mol. The molecule has 1 aliphatic heterocycles. The number of nitrogens with zero attached hydrogens (tertiary/aromatic N) is 2. The van der Waals surface area contributed by atoms with Gasteiger partial charge in [-0.05, 0) is 44.7 Å². The Morgan fingerprint density at radius 1 is 1.20 bits per heavy atom. The van der Waals surface area contributed by atoms with Crippen molar-refractivity contribution in [2.45, 2.75) is 33.1 Å². The Labute approximate surface area is 117 Å². The fourth-order valence-electron chi connectivity index (χ4n) is 2.42. The van der Waals surface area contributed by atoms with Crippen LogP contribution in [0.1, 0.15) is 30.4 Å². The van der Waals surface area contributed by atoms with E-state index in [0.29, 0.717) is 16.8 Å². The first-order chi connectivity index (χ1) is 9.49. The van der Waals surface area contributed by atoms with Crippen molar-refractivity contribution in [3.63, 3.8) is 0 Å². The lowest BCUT2D eigenvalue weighted by atomic mass is 10.1. The van der Waals surface area contributed by atoms with Gasteiger partial charge in [-0.1, -0.05) is 0 Å². The number of nitro groups is 1. The summed E-state index contributed by atoms with van der Waals surface area (Å²) < 4.78 is 0. The third-order valence-electron chi connectivity index (χ3n) is 3.62. The highest BCUT2D eigenvalue weighted by Gasteiger charge is 2.19. The number of nitrogens with one attached hydrogen (secondary N) is 1. The van der Waals surface area contributed by atoms with E-state index < -0.39 is 4.92 Å². The maximum absolute atomic E-state index is 12.1. The van der Waals surface area contributed by atoms with Gasteiger partial charge >= 0.3 is 6.03 Å². The van der Waals surface area contributed by atoms with Crippen LogP contribution in [0.5, 0.6) is 0 Å². The molecule has 6 heteroatoms. The van der Waals surface area contributed by atoms with Gasteiger partial charge in [-0.2, -0.15) is 0 Å². The Balaban J connectivity index is 2.15. The first-order valence-corrected chi connectivity index (χ1v) is 6.80. The molecule has 2 rings (SSSR count). The summed E-state index contributed by atoms with van der Waals surface area (Å²) in [6.45, 7) is 4.99. The number of carbonyl (C=O) groups excluding carboxylic acids is 1. The van der Waals surface area contributed by atoms with E-state index in [9.17, 15) is 14.9 Å². The van der Waals surface area contributed by atoms with E-state index in [1.807, 2.05) is 0 Å². The van der Waals surface area contributed by atoms with Crippen LogP contribution in [-0.2, 0) is 0 Å². The molecule has 108 valence electrons. The van der Waals surface area contributed by atoms with Crippen LogP contribution in [0, 0.1) is 24.0 Å². The molecule has 0 aromatic heterocycles. The summed E-state index contributed by atoms with van der Waals surface area (Å²) in [5.41, 5.74) is 1.98. The molecule has 0 atom stereocenters. The molecule has 1 aromatic rings. The lowest BCUT2D eigenvalue weighted by Gasteiger charge is -2.27. The summed E-state index contributed by atoms with van der Waals surface area (Å²) in [5, 5.41) is 13.7. The zero-order chi connectivity index (χ0) is 14.7. The van der Waals surface area contributed by atoms with Gasteiger partial charge in [-0.25, -0.2) is 4.79 Å². The van der Waals surface area contributed by atoms with E-state index >= 15 is 0 Å². The number of anilines is 1. The van der Waals surface area contributed by atoms with Gasteiger partial charge in [-0.15, -0.1) is 0 Å². The monoisotopic (exact) mass is 277 g/mol. The predicted molar refractivity (Wildman–Crippen MR) is 77.0 cm³/mol. The highest BCUT2D eigenvalue weighted by atomic mass is 16.6. The van der Waals surface area contributed by atoms with Crippen molar-refractivity contribution in [1.82, 2.24) is 4.90 Å². The topological polar surface area (TPSA) is 75.5 Å². The maximum atomic E-state index is 12.1. The molecule has 0 spiro atoms. The maximum Gasteiger partial charge on any atom is 0.321 e. The Bertz CT molecular complexity index is 537. The Hall–Kier alpha value is -2.11. The van der Waals surface area contributed by atoms with Crippen LogP contribution < -0.4 is 5.32 Å². The van der Waals surface area contributed by atoms with Crippen molar-refractivity contribution < 1.29 is 9.72 Å². The van der Waals surface area contributed by atoms with Crippen molar-refractivity contribution in [2.75, 3.05) is 18.4 Å². The van der Waals surface area contributed by atoms with E-state index in [1.54, 1.807) is 24.8 Å². The number of carbonyl (C=O) groups is 1. The smallest absolute Gasteiger partial charge is 0.321 e. The molecule has 1 aromatic carbocycles. The van der Waals surface area contributed by atoms with Crippen molar-refractivity contribution in [1.29, 1.82) is 0 Å². The van der Waals surface area contributed by atoms with Gasteiger partial charge in [-0.3, -0.25) is 10.1 Å². The van der Waals surface area contributed by atoms with Gasteiger partial charge in [0.1, 0.15) is 0 Å². The van der Waals surface area contributed by atoms with Gasteiger partial charge in [0.25, 0.3) is 5.69 Å². The molecule has 2 amide bonds. The van der Waals surface area contributed by atoms with Gasteiger partial charge < -0.3 is 10.2 Å². The van der Waals surface area contributed by atoms with Crippen LogP contribution >= 0.6 is 0 Å². The SMILES string of the molecule is Cc1cc([N+](=O)[O-])c(C)cc1NC(=O)N1CCCCC1. The first-order valence-electron chi connectivity index (χ1n) is 6.80. The summed E-state index contributed by atoms with van der Waals surface area (Å²) in [6.07, 6.45) is 3.23. The number of aryl methyl sites for hydroxylation is 2. The fourth-order valence-corrected chi connectivity index (χ4v) is 2.42. The first kappa shape index (κ1) is 14.3. The minimum absolute atomic E-state index is 0.0819. The largest absolute Gasteiger partial charge is 0.325 e. The number of benzene rings is 1. The zero-order valence-corrected chi connectivity index (χ0v) is 11.8. The minimum atomic E-state index is -0.404. The second-order valence-electron chi connectivity index (χ2n) is 5.19. The molecule has 1 N–H and O–H groups in total. The Morgan fingerprint density at radius 3 is 2.45 bits per heavy atom. The number of likely N-dealkylation sites (tertiary alicyclic amines) is 1. The molecule has 1 aliphatic rings. The van der Waals surface area contributed by atoms with E-state index in [2.05, 4.69) is 5.32 Å². The molecule has 20 heavy (non-hydrogen) atoms. The second kappa shape index (κ2) is 5.90. The summed E-state index contributed by atoms with van der Waals surface area (Å²) in [5.74, 6) is 0. The molecular formula is C14H19N3O3. The summed E-state index contributed by atoms with van der Waals surface area (Å²) >= 11 is 0. The second-order valence-corrected chi connectivity index (χ2v) is 5.19.